The van der Waals surface area contributed by atoms with Gasteiger partial charge in [0.1, 0.15) is 0 Å². The molecule has 3 rings (SSSR count). The minimum Gasteiger partial charge on any atom is -0.492 e. The van der Waals surface area contributed by atoms with Crippen molar-refractivity contribution in [2.75, 3.05) is 109 Å². The van der Waals surface area contributed by atoms with Crippen LogP contribution in [0.15, 0.2) is 0 Å². The summed E-state index contributed by atoms with van der Waals surface area (Å²) in [6, 6.07) is 0. The maximum absolute atomic E-state index is 5.72. The quantitative estimate of drug-likeness (QED) is 0.205. The van der Waals surface area contributed by atoms with E-state index in [1.54, 1.807) is 56.9 Å². The fraction of sp³-hybridized carbons (Fsp3) is 0.647. The molecule has 0 spiro atoms. The Balaban J connectivity index is 1.39. The average molecular weight is 649 g/mol. The van der Waals surface area contributed by atoms with Gasteiger partial charge < -0.3 is 58.3 Å². The van der Waals surface area contributed by atoms with Crippen LogP contribution in [0.4, 0.5) is 0 Å². The van der Waals surface area contributed by atoms with Crippen molar-refractivity contribution in [1.29, 1.82) is 0 Å². The van der Waals surface area contributed by atoms with Crippen LogP contribution in [-0.4, -0.2) is 119 Å². The van der Waals surface area contributed by atoms with E-state index >= 15 is 0 Å². The molecule has 12 heteroatoms. The summed E-state index contributed by atoms with van der Waals surface area (Å²) < 4.78 is 45.0. The number of ether oxygens (including phenoxy) is 8. The molecule has 1 aliphatic heterocycles. The Kier molecular flexibility index (Phi) is 15.1. The van der Waals surface area contributed by atoms with Gasteiger partial charge in [0.05, 0.1) is 56.9 Å². The van der Waals surface area contributed by atoms with E-state index in [0.29, 0.717) is 59.1 Å². The third-order valence-corrected chi connectivity index (χ3v) is 8.73. The predicted octanol–water partition coefficient (Wildman–Crippen LogP) is 3.65. The van der Waals surface area contributed by atoms with Crippen molar-refractivity contribution in [3.63, 3.8) is 0 Å². The minimum absolute atomic E-state index is 0.546. The van der Waals surface area contributed by atoms with E-state index < -0.39 is 0 Å². The lowest BCUT2D eigenvalue weighted by Gasteiger charge is -2.34. The van der Waals surface area contributed by atoms with Gasteiger partial charge in [-0.25, -0.2) is 0 Å². The van der Waals surface area contributed by atoms with Crippen molar-refractivity contribution in [2.45, 2.75) is 39.8 Å². The molecule has 260 valence electrons. The van der Waals surface area contributed by atoms with Crippen molar-refractivity contribution in [2.24, 2.45) is 0 Å². The van der Waals surface area contributed by atoms with Gasteiger partial charge >= 0.3 is 0 Å². The molecule has 1 saturated heterocycles. The monoisotopic (exact) mass is 648 g/mol. The highest BCUT2D eigenvalue weighted by Gasteiger charge is 2.26. The molecule has 2 N–H and O–H groups in total. The number of piperazine rings is 1. The van der Waals surface area contributed by atoms with E-state index in [2.05, 4.69) is 20.4 Å². The van der Waals surface area contributed by atoms with E-state index in [9.17, 15) is 0 Å². The maximum Gasteiger partial charge on any atom is 0.207 e. The van der Waals surface area contributed by atoms with Gasteiger partial charge in [0.2, 0.25) is 23.0 Å². The maximum atomic E-state index is 5.72. The van der Waals surface area contributed by atoms with Gasteiger partial charge in [-0.2, -0.15) is 0 Å². The van der Waals surface area contributed by atoms with Crippen LogP contribution in [0.5, 0.6) is 46.0 Å². The van der Waals surface area contributed by atoms with Gasteiger partial charge in [0.25, 0.3) is 0 Å². The zero-order valence-corrected chi connectivity index (χ0v) is 29.6. The summed E-state index contributed by atoms with van der Waals surface area (Å²) in [5, 5.41) is 7.16. The highest BCUT2D eigenvalue weighted by molar-refractivity contribution is 5.67. The van der Waals surface area contributed by atoms with Crippen LogP contribution < -0.4 is 48.5 Å². The summed E-state index contributed by atoms with van der Waals surface area (Å²) in [4.78, 5) is 5.11. The van der Waals surface area contributed by atoms with E-state index in [0.717, 1.165) is 87.5 Å². The molecule has 0 radical (unpaired) electrons. The third-order valence-electron chi connectivity index (χ3n) is 8.73. The van der Waals surface area contributed by atoms with Crippen molar-refractivity contribution >= 4 is 0 Å². The van der Waals surface area contributed by atoms with Gasteiger partial charge in [0, 0.05) is 61.5 Å². The van der Waals surface area contributed by atoms with Crippen LogP contribution in [-0.2, 0) is 13.1 Å². The summed E-state index contributed by atoms with van der Waals surface area (Å²) in [6.45, 7) is 13.7. The minimum atomic E-state index is 0.546. The van der Waals surface area contributed by atoms with E-state index in [1.165, 1.54) is 0 Å². The fourth-order valence-corrected chi connectivity index (χ4v) is 6.25. The van der Waals surface area contributed by atoms with E-state index in [4.69, 9.17) is 37.9 Å². The first kappa shape index (κ1) is 37.1. The molecule has 12 nitrogen and oxygen atoms in total. The Bertz CT molecular complexity index is 1160. The topological polar surface area (TPSA) is 104 Å². The predicted molar refractivity (Wildman–Crippen MR) is 180 cm³/mol. The number of nitrogens with zero attached hydrogens (tertiary/aromatic N) is 2. The average Bonchev–Trinajstić information content (AvgIpc) is 3.08. The Morgan fingerprint density at radius 1 is 0.435 bits per heavy atom. The Hall–Kier alpha value is -3.32. The summed E-state index contributed by atoms with van der Waals surface area (Å²) in [7, 11) is 13.0. The number of hydrogen-bond acceptors (Lipinski definition) is 12. The largest absolute Gasteiger partial charge is 0.492 e. The highest BCUT2D eigenvalue weighted by Crippen LogP contribution is 2.50. The zero-order valence-electron chi connectivity index (χ0n) is 29.6. The van der Waals surface area contributed by atoms with E-state index in [1.807, 2.05) is 13.8 Å². The van der Waals surface area contributed by atoms with Crippen molar-refractivity contribution < 1.29 is 37.9 Å². The molecule has 1 aliphatic rings. The number of hydrogen-bond donors (Lipinski definition) is 2. The SMILES string of the molecule is COc1c(C)c(CNCCCN2CCN(CCCNCc3c(C)c(OC)c(OC)c(OC)c3OC)CC2)c(OC)c(OC)c1OC. The van der Waals surface area contributed by atoms with Crippen molar-refractivity contribution in [1.82, 2.24) is 20.4 Å². The highest BCUT2D eigenvalue weighted by atomic mass is 16.6. The van der Waals surface area contributed by atoms with Gasteiger partial charge in [-0.15, -0.1) is 0 Å². The Morgan fingerprint density at radius 3 is 1.00 bits per heavy atom. The van der Waals surface area contributed by atoms with Crippen LogP contribution >= 0.6 is 0 Å². The number of methoxy groups -OCH3 is 8. The summed E-state index contributed by atoms with van der Waals surface area (Å²) >= 11 is 0. The van der Waals surface area contributed by atoms with Crippen LogP contribution in [0.1, 0.15) is 35.1 Å². The zero-order chi connectivity index (χ0) is 33.6. The molecule has 0 bridgehead atoms. The molecule has 2 aromatic carbocycles. The summed E-state index contributed by atoms with van der Waals surface area (Å²) in [6.07, 6.45) is 2.14. The molecule has 0 aliphatic carbocycles. The fourth-order valence-electron chi connectivity index (χ4n) is 6.25. The molecule has 0 saturated carbocycles. The summed E-state index contributed by atoms with van der Waals surface area (Å²) in [5.74, 6) is 4.87. The first-order valence-corrected chi connectivity index (χ1v) is 15.9. The molecule has 1 fully saturated rings. The van der Waals surface area contributed by atoms with Crippen molar-refractivity contribution in [3.8, 4) is 46.0 Å². The van der Waals surface area contributed by atoms with Crippen LogP contribution in [0, 0.1) is 13.8 Å². The Labute approximate surface area is 275 Å². The summed E-state index contributed by atoms with van der Waals surface area (Å²) in [5.41, 5.74) is 3.98. The molecule has 0 unspecified atom stereocenters. The Morgan fingerprint density at radius 2 is 0.717 bits per heavy atom. The lowest BCUT2D eigenvalue weighted by molar-refractivity contribution is 0.130. The first-order chi connectivity index (χ1) is 22.3. The van der Waals surface area contributed by atoms with Gasteiger partial charge in [-0.1, -0.05) is 0 Å². The first-order valence-electron chi connectivity index (χ1n) is 15.9. The van der Waals surface area contributed by atoms with E-state index in [-0.39, 0.29) is 0 Å². The van der Waals surface area contributed by atoms with Gasteiger partial charge in [-0.3, -0.25) is 0 Å². The molecule has 46 heavy (non-hydrogen) atoms. The molecule has 0 amide bonds. The van der Waals surface area contributed by atoms with Gasteiger partial charge in [-0.05, 0) is 52.9 Å². The molecular weight excluding hydrogens is 592 g/mol. The van der Waals surface area contributed by atoms with Crippen LogP contribution in [0.25, 0.3) is 0 Å². The van der Waals surface area contributed by atoms with Crippen molar-refractivity contribution in [3.05, 3.63) is 22.3 Å². The normalized spacial score (nSPS) is 13.8. The smallest absolute Gasteiger partial charge is 0.207 e. The van der Waals surface area contributed by atoms with Crippen LogP contribution in [0.3, 0.4) is 0 Å². The number of nitrogens with one attached hydrogen (secondary N) is 2. The second kappa shape index (κ2) is 18.7. The standard InChI is InChI=1S/C34H56N4O8/c1-23-25(29(41-5)33(45-9)31(43-7)27(23)39-3)21-35-13-11-15-37-17-19-38(20-18-37)16-12-14-36-22-26-24(2)28(40-4)32(44-8)34(46-10)30(26)42-6/h35-36H,11-22H2,1-10H3. The third kappa shape index (κ3) is 8.52. The molecule has 0 atom stereocenters. The number of benzene rings is 2. The molecular formula is C34H56N4O8. The lowest BCUT2D eigenvalue weighted by Crippen LogP contribution is -2.47. The number of rotatable bonds is 20. The molecule has 0 aromatic heterocycles. The molecule has 1 heterocycles. The second-order valence-electron chi connectivity index (χ2n) is 11.2. The van der Waals surface area contributed by atoms with Crippen LogP contribution in [0.2, 0.25) is 0 Å². The lowest BCUT2D eigenvalue weighted by atomic mass is 10.0. The second-order valence-corrected chi connectivity index (χ2v) is 11.2. The van der Waals surface area contributed by atoms with Gasteiger partial charge in [0.15, 0.2) is 23.0 Å². The molecule has 2 aromatic rings.